The fourth-order valence-electron chi connectivity index (χ4n) is 4.24. The number of carbonyl (C=O) groups excluding carboxylic acids is 2. The molecular formula is C21H18ClN3O2. The van der Waals surface area contributed by atoms with Gasteiger partial charge in [0.15, 0.2) is 0 Å². The highest BCUT2D eigenvalue weighted by molar-refractivity contribution is 6.31. The maximum Gasteiger partial charge on any atom is 0.251 e. The molecule has 0 spiro atoms. The Bertz CT molecular complexity index is 1070. The van der Waals surface area contributed by atoms with E-state index >= 15 is 0 Å². The molecule has 5 nitrogen and oxygen atoms in total. The third kappa shape index (κ3) is 2.66. The molecular weight excluding hydrogens is 362 g/mol. The molecule has 2 aliphatic rings. The third-order valence-corrected chi connectivity index (χ3v) is 5.78. The Morgan fingerprint density at radius 1 is 1.07 bits per heavy atom. The van der Waals surface area contributed by atoms with Gasteiger partial charge in [0.05, 0.1) is 18.2 Å². The Morgan fingerprint density at radius 2 is 1.93 bits per heavy atom. The minimum Gasteiger partial charge on any atom is -0.358 e. The summed E-state index contributed by atoms with van der Waals surface area (Å²) in [6.07, 6.45) is 1.06. The van der Waals surface area contributed by atoms with Gasteiger partial charge in [-0.3, -0.25) is 14.5 Å². The second-order valence-electron chi connectivity index (χ2n) is 7.12. The molecule has 1 atom stereocenters. The molecule has 3 heterocycles. The van der Waals surface area contributed by atoms with Crippen LogP contribution in [0, 0.1) is 0 Å². The number of aromatic amines is 1. The maximum absolute atomic E-state index is 13.1. The number of amides is 2. The summed E-state index contributed by atoms with van der Waals surface area (Å²) in [4.78, 5) is 32.5. The van der Waals surface area contributed by atoms with Crippen LogP contribution in [0.1, 0.15) is 17.7 Å². The summed E-state index contributed by atoms with van der Waals surface area (Å²) in [5, 5.41) is 1.71. The van der Waals surface area contributed by atoms with Gasteiger partial charge in [0.1, 0.15) is 0 Å². The fourth-order valence-corrected chi connectivity index (χ4v) is 4.43. The smallest absolute Gasteiger partial charge is 0.251 e. The van der Waals surface area contributed by atoms with Crippen LogP contribution in [0.25, 0.3) is 10.9 Å². The number of hydrogen-bond acceptors (Lipinski definition) is 3. The SMILES string of the molecule is O=C1C[C@@H](N2CCc3[nH]c4ccccc4c3C2)C(=O)N1c1cccc(Cl)c1. The quantitative estimate of drug-likeness (QED) is 0.693. The second kappa shape index (κ2) is 6.22. The van der Waals surface area contributed by atoms with Crippen molar-refractivity contribution in [2.24, 2.45) is 0 Å². The fraction of sp³-hybridized carbons (Fsp3) is 0.238. The van der Waals surface area contributed by atoms with Crippen molar-refractivity contribution < 1.29 is 9.59 Å². The summed E-state index contributed by atoms with van der Waals surface area (Å²) < 4.78 is 0. The van der Waals surface area contributed by atoms with E-state index in [4.69, 9.17) is 11.6 Å². The number of halogens is 1. The summed E-state index contributed by atoms with van der Waals surface area (Å²) >= 11 is 6.04. The molecule has 6 heteroatoms. The highest BCUT2D eigenvalue weighted by Crippen LogP contribution is 2.32. The van der Waals surface area contributed by atoms with Crippen molar-refractivity contribution in [1.29, 1.82) is 0 Å². The number of fused-ring (bicyclic) bond motifs is 3. The first-order valence-corrected chi connectivity index (χ1v) is 9.44. The Kier molecular flexibility index (Phi) is 3.81. The molecule has 0 bridgehead atoms. The molecule has 1 aromatic heterocycles. The van der Waals surface area contributed by atoms with Crippen LogP contribution in [0.2, 0.25) is 5.02 Å². The molecule has 1 fully saturated rings. The van der Waals surface area contributed by atoms with Gasteiger partial charge in [0.25, 0.3) is 5.91 Å². The zero-order valence-electron chi connectivity index (χ0n) is 14.6. The zero-order chi connectivity index (χ0) is 18.5. The van der Waals surface area contributed by atoms with Gasteiger partial charge in [-0.15, -0.1) is 0 Å². The number of nitrogens with one attached hydrogen (secondary N) is 1. The molecule has 2 aromatic carbocycles. The van der Waals surface area contributed by atoms with Crippen LogP contribution in [0.3, 0.4) is 0 Å². The Hall–Kier alpha value is -2.63. The van der Waals surface area contributed by atoms with Crippen LogP contribution in [0.15, 0.2) is 48.5 Å². The molecule has 0 radical (unpaired) electrons. The van der Waals surface area contributed by atoms with Crippen LogP contribution in [0.4, 0.5) is 5.69 Å². The average Bonchev–Trinajstić information content (AvgIpc) is 3.18. The molecule has 3 aromatic rings. The lowest BCUT2D eigenvalue weighted by atomic mass is 10.0. The van der Waals surface area contributed by atoms with Crippen molar-refractivity contribution >= 4 is 40.0 Å². The molecule has 0 saturated carbocycles. The van der Waals surface area contributed by atoms with Gasteiger partial charge in [-0.05, 0) is 29.8 Å². The van der Waals surface area contributed by atoms with Crippen molar-refractivity contribution in [1.82, 2.24) is 9.88 Å². The first-order chi connectivity index (χ1) is 13.1. The van der Waals surface area contributed by atoms with E-state index < -0.39 is 6.04 Å². The van der Waals surface area contributed by atoms with Gasteiger partial charge in [0, 0.05) is 41.1 Å². The molecule has 2 aliphatic heterocycles. The standard InChI is InChI=1S/C21H18ClN3O2/c22-13-4-3-5-14(10-13)25-20(26)11-19(21(25)27)24-9-8-18-16(12-24)15-6-1-2-7-17(15)23-18/h1-7,10,19,23H,8-9,11-12H2/t19-/m1/s1. The van der Waals surface area contributed by atoms with E-state index in [0.717, 1.165) is 18.5 Å². The summed E-state index contributed by atoms with van der Waals surface area (Å²) in [5.41, 5.74) is 4.14. The number of nitrogens with zero attached hydrogens (tertiary/aromatic N) is 2. The summed E-state index contributed by atoms with van der Waals surface area (Å²) in [6, 6.07) is 14.7. The van der Waals surface area contributed by atoms with Crippen LogP contribution < -0.4 is 4.90 Å². The Balaban J connectivity index is 1.44. The van der Waals surface area contributed by atoms with E-state index in [1.165, 1.54) is 21.5 Å². The number of aromatic nitrogens is 1. The monoisotopic (exact) mass is 379 g/mol. The first kappa shape index (κ1) is 16.5. The predicted octanol–water partition coefficient (Wildman–Crippen LogP) is 3.51. The van der Waals surface area contributed by atoms with Gasteiger partial charge >= 0.3 is 0 Å². The van der Waals surface area contributed by atoms with Gasteiger partial charge in [-0.2, -0.15) is 0 Å². The van der Waals surface area contributed by atoms with Crippen molar-refractivity contribution in [3.05, 3.63) is 64.8 Å². The first-order valence-electron chi connectivity index (χ1n) is 9.07. The Labute approximate surface area is 161 Å². The minimum absolute atomic E-state index is 0.162. The number of carbonyl (C=O) groups is 2. The van der Waals surface area contributed by atoms with Gasteiger partial charge in [0.2, 0.25) is 5.91 Å². The predicted molar refractivity (Wildman–Crippen MR) is 105 cm³/mol. The minimum atomic E-state index is -0.418. The van der Waals surface area contributed by atoms with Gasteiger partial charge in [-0.1, -0.05) is 35.9 Å². The lowest BCUT2D eigenvalue weighted by Crippen LogP contribution is -2.44. The highest BCUT2D eigenvalue weighted by atomic mass is 35.5. The van der Waals surface area contributed by atoms with Crippen LogP contribution in [-0.2, 0) is 22.6 Å². The average molecular weight is 380 g/mol. The van der Waals surface area contributed by atoms with E-state index in [-0.39, 0.29) is 18.2 Å². The van der Waals surface area contributed by atoms with E-state index in [1.807, 2.05) is 12.1 Å². The zero-order valence-corrected chi connectivity index (χ0v) is 15.4. The highest BCUT2D eigenvalue weighted by Gasteiger charge is 2.43. The Morgan fingerprint density at radius 3 is 2.78 bits per heavy atom. The lowest BCUT2D eigenvalue weighted by molar-refractivity contribution is -0.123. The molecule has 27 heavy (non-hydrogen) atoms. The number of benzene rings is 2. The summed E-state index contributed by atoms with van der Waals surface area (Å²) in [6.45, 7) is 1.43. The van der Waals surface area contributed by atoms with E-state index in [0.29, 0.717) is 17.3 Å². The number of para-hydroxylation sites is 1. The molecule has 0 aliphatic carbocycles. The van der Waals surface area contributed by atoms with Crippen LogP contribution >= 0.6 is 11.6 Å². The van der Waals surface area contributed by atoms with Gasteiger partial charge < -0.3 is 4.98 Å². The van der Waals surface area contributed by atoms with Crippen molar-refractivity contribution in [3.8, 4) is 0 Å². The molecule has 1 N–H and O–H groups in total. The van der Waals surface area contributed by atoms with Crippen molar-refractivity contribution in [3.63, 3.8) is 0 Å². The third-order valence-electron chi connectivity index (χ3n) is 5.54. The molecule has 2 amide bonds. The molecule has 0 unspecified atom stereocenters. The normalized spacial score (nSPS) is 20.5. The number of rotatable bonds is 2. The van der Waals surface area contributed by atoms with Crippen molar-refractivity contribution in [2.75, 3.05) is 11.4 Å². The molecule has 136 valence electrons. The molecule has 5 rings (SSSR count). The molecule has 1 saturated heterocycles. The lowest BCUT2D eigenvalue weighted by Gasteiger charge is -2.31. The van der Waals surface area contributed by atoms with Crippen LogP contribution in [0.5, 0.6) is 0 Å². The number of anilines is 1. The number of imide groups is 1. The summed E-state index contributed by atoms with van der Waals surface area (Å²) in [5.74, 6) is -0.331. The van der Waals surface area contributed by atoms with Crippen molar-refractivity contribution in [2.45, 2.75) is 25.4 Å². The maximum atomic E-state index is 13.1. The topological polar surface area (TPSA) is 56.4 Å². The number of hydrogen-bond donors (Lipinski definition) is 1. The van der Waals surface area contributed by atoms with E-state index in [2.05, 4.69) is 22.0 Å². The van der Waals surface area contributed by atoms with Gasteiger partial charge in [-0.25, -0.2) is 4.90 Å². The van der Waals surface area contributed by atoms with Crippen LogP contribution in [-0.4, -0.2) is 34.3 Å². The summed E-state index contributed by atoms with van der Waals surface area (Å²) in [7, 11) is 0. The number of H-pyrrole nitrogens is 1. The van der Waals surface area contributed by atoms with E-state index in [1.54, 1.807) is 24.3 Å². The van der Waals surface area contributed by atoms with E-state index in [9.17, 15) is 9.59 Å². The second-order valence-corrected chi connectivity index (χ2v) is 7.55. The largest absolute Gasteiger partial charge is 0.358 e.